The summed E-state index contributed by atoms with van der Waals surface area (Å²) in [4.78, 5) is 11.5. The first kappa shape index (κ1) is 11.8. The molecule has 0 spiro atoms. The number of ether oxygens (including phenoxy) is 1. The van der Waals surface area contributed by atoms with Gasteiger partial charge in [0.1, 0.15) is 5.82 Å². The van der Waals surface area contributed by atoms with Gasteiger partial charge in [0.2, 0.25) is 0 Å². The van der Waals surface area contributed by atoms with Gasteiger partial charge in [0, 0.05) is 5.57 Å². The van der Waals surface area contributed by atoms with Gasteiger partial charge in [-0.15, -0.1) is 0 Å². The van der Waals surface area contributed by atoms with Crippen molar-refractivity contribution in [3.63, 3.8) is 0 Å². The van der Waals surface area contributed by atoms with Gasteiger partial charge in [-0.2, -0.15) is 0 Å². The number of carbonyl (C=O) groups is 1. The Kier molecular flexibility index (Phi) is 3.24. The second-order valence-electron chi connectivity index (χ2n) is 3.95. The molecule has 0 aromatic heterocycles. The van der Waals surface area contributed by atoms with Gasteiger partial charge in [0.15, 0.2) is 0 Å². The van der Waals surface area contributed by atoms with Gasteiger partial charge < -0.3 is 9.84 Å². The van der Waals surface area contributed by atoms with E-state index in [2.05, 4.69) is 4.74 Å². The summed E-state index contributed by atoms with van der Waals surface area (Å²) < 4.78 is 17.5. The molecule has 0 radical (unpaired) electrons. The van der Waals surface area contributed by atoms with Crippen LogP contribution in [0, 0.1) is 5.82 Å². The highest BCUT2D eigenvalue weighted by Gasteiger charge is 2.29. The minimum Gasteiger partial charge on any atom is -0.466 e. The molecular formula is C13H13FO3. The monoisotopic (exact) mass is 236 g/mol. The zero-order valence-corrected chi connectivity index (χ0v) is 9.44. The van der Waals surface area contributed by atoms with Crippen LogP contribution in [0.3, 0.4) is 0 Å². The van der Waals surface area contributed by atoms with E-state index in [1.165, 1.54) is 19.2 Å². The first-order valence-electron chi connectivity index (χ1n) is 5.39. The van der Waals surface area contributed by atoms with Gasteiger partial charge in [-0.1, -0.05) is 12.1 Å². The fourth-order valence-corrected chi connectivity index (χ4v) is 2.09. The molecule has 0 unspecified atom stereocenters. The van der Waals surface area contributed by atoms with Crippen molar-refractivity contribution in [1.82, 2.24) is 0 Å². The van der Waals surface area contributed by atoms with Crippen LogP contribution in [-0.2, 0) is 9.53 Å². The van der Waals surface area contributed by atoms with Gasteiger partial charge >= 0.3 is 5.97 Å². The topological polar surface area (TPSA) is 46.5 Å². The van der Waals surface area contributed by atoms with Gasteiger partial charge in [-0.3, -0.25) is 0 Å². The largest absolute Gasteiger partial charge is 0.466 e. The Morgan fingerprint density at radius 1 is 1.41 bits per heavy atom. The Labute approximate surface area is 98.5 Å². The summed E-state index contributed by atoms with van der Waals surface area (Å²) >= 11 is 0. The van der Waals surface area contributed by atoms with E-state index in [1.807, 2.05) is 0 Å². The average Bonchev–Trinajstić information content (AvgIpc) is 2.71. The molecule has 0 heterocycles. The Morgan fingerprint density at radius 3 is 2.65 bits per heavy atom. The maximum absolute atomic E-state index is 12.8. The number of halogens is 1. The van der Waals surface area contributed by atoms with E-state index in [9.17, 15) is 14.3 Å². The minimum absolute atomic E-state index is 0.346. The molecule has 0 bridgehead atoms. The number of hydrogen-bond acceptors (Lipinski definition) is 3. The van der Waals surface area contributed by atoms with Crippen LogP contribution >= 0.6 is 0 Å². The standard InChI is InChI=1S/C13H13FO3/c1-17-13(16)10-6-7-11(15)12(10)8-2-4-9(14)5-3-8/h2-5,11,15H,6-7H2,1H3/t11-/m0/s1. The van der Waals surface area contributed by atoms with Crippen molar-refractivity contribution in [2.45, 2.75) is 18.9 Å². The molecule has 1 N–H and O–H groups in total. The van der Waals surface area contributed by atoms with Crippen LogP contribution in [-0.4, -0.2) is 24.3 Å². The second-order valence-corrected chi connectivity index (χ2v) is 3.95. The number of benzene rings is 1. The van der Waals surface area contributed by atoms with E-state index in [-0.39, 0.29) is 5.82 Å². The molecule has 2 rings (SSSR count). The molecule has 0 amide bonds. The van der Waals surface area contributed by atoms with Crippen LogP contribution in [0.25, 0.3) is 5.57 Å². The van der Waals surface area contributed by atoms with E-state index in [1.54, 1.807) is 12.1 Å². The zero-order chi connectivity index (χ0) is 12.4. The Morgan fingerprint density at radius 2 is 2.06 bits per heavy atom. The molecule has 0 aliphatic heterocycles. The molecule has 1 atom stereocenters. The van der Waals surface area contributed by atoms with E-state index in [0.717, 1.165) is 0 Å². The number of rotatable bonds is 2. The van der Waals surface area contributed by atoms with E-state index in [4.69, 9.17) is 0 Å². The number of aliphatic hydroxyl groups excluding tert-OH is 1. The molecule has 1 aliphatic carbocycles. The van der Waals surface area contributed by atoms with Crippen molar-refractivity contribution in [2.75, 3.05) is 7.11 Å². The number of methoxy groups -OCH3 is 1. The van der Waals surface area contributed by atoms with Crippen molar-refractivity contribution in [3.05, 3.63) is 41.2 Å². The van der Waals surface area contributed by atoms with Crippen LogP contribution in [0.2, 0.25) is 0 Å². The molecule has 0 saturated carbocycles. The van der Waals surface area contributed by atoms with Gasteiger partial charge in [-0.05, 0) is 36.1 Å². The lowest BCUT2D eigenvalue weighted by atomic mass is 10.0. The third-order valence-electron chi connectivity index (χ3n) is 2.91. The van der Waals surface area contributed by atoms with Crippen molar-refractivity contribution < 1.29 is 19.0 Å². The third kappa shape index (κ3) is 2.22. The highest BCUT2D eigenvalue weighted by Crippen LogP contribution is 2.34. The smallest absolute Gasteiger partial charge is 0.334 e. The number of aliphatic hydroxyl groups is 1. The molecule has 1 aromatic rings. The quantitative estimate of drug-likeness (QED) is 0.798. The lowest BCUT2D eigenvalue weighted by Gasteiger charge is -2.10. The summed E-state index contributed by atoms with van der Waals surface area (Å²) in [5.74, 6) is -0.776. The van der Waals surface area contributed by atoms with Crippen molar-refractivity contribution in [1.29, 1.82) is 0 Å². The molecular weight excluding hydrogens is 223 g/mol. The minimum atomic E-state index is -0.686. The summed E-state index contributed by atoms with van der Waals surface area (Å²) in [5.41, 5.74) is 1.69. The molecule has 1 aromatic carbocycles. The molecule has 90 valence electrons. The lowest BCUT2D eigenvalue weighted by molar-refractivity contribution is -0.136. The van der Waals surface area contributed by atoms with Crippen LogP contribution in [0.5, 0.6) is 0 Å². The van der Waals surface area contributed by atoms with Crippen LogP contribution in [0.4, 0.5) is 4.39 Å². The molecule has 1 aliphatic rings. The summed E-state index contributed by atoms with van der Waals surface area (Å²) in [6.45, 7) is 0. The predicted molar refractivity (Wildman–Crippen MR) is 60.6 cm³/mol. The predicted octanol–water partition coefficient (Wildman–Crippen LogP) is 1.91. The fraction of sp³-hybridized carbons (Fsp3) is 0.308. The third-order valence-corrected chi connectivity index (χ3v) is 2.91. The maximum Gasteiger partial charge on any atom is 0.334 e. The average molecular weight is 236 g/mol. The summed E-state index contributed by atoms with van der Waals surface area (Å²) in [7, 11) is 1.31. The first-order valence-corrected chi connectivity index (χ1v) is 5.39. The Bertz CT molecular complexity index is 462. The van der Waals surface area contributed by atoms with Gasteiger partial charge in [-0.25, -0.2) is 9.18 Å². The van der Waals surface area contributed by atoms with Crippen molar-refractivity contribution in [2.24, 2.45) is 0 Å². The van der Waals surface area contributed by atoms with Crippen molar-refractivity contribution in [3.8, 4) is 0 Å². The van der Waals surface area contributed by atoms with E-state index >= 15 is 0 Å². The van der Waals surface area contributed by atoms with Crippen LogP contribution in [0.15, 0.2) is 29.8 Å². The highest BCUT2D eigenvalue weighted by molar-refractivity contribution is 5.99. The zero-order valence-electron chi connectivity index (χ0n) is 9.44. The second kappa shape index (κ2) is 4.67. The Balaban J connectivity index is 2.45. The van der Waals surface area contributed by atoms with Gasteiger partial charge in [0.25, 0.3) is 0 Å². The molecule has 4 heteroatoms. The number of hydrogen-bond donors (Lipinski definition) is 1. The van der Waals surface area contributed by atoms with E-state index in [0.29, 0.717) is 29.6 Å². The van der Waals surface area contributed by atoms with Crippen LogP contribution in [0.1, 0.15) is 18.4 Å². The number of esters is 1. The maximum atomic E-state index is 12.8. The first-order chi connectivity index (χ1) is 8.13. The molecule has 17 heavy (non-hydrogen) atoms. The summed E-state index contributed by atoms with van der Waals surface area (Å²) in [6.07, 6.45) is 0.298. The van der Waals surface area contributed by atoms with E-state index < -0.39 is 12.1 Å². The number of carbonyl (C=O) groups excluding carboxylic acids is 1. The lowest BCUT2D eigenvalue weighted by Crippen LogP contribution is -2.08. The van der Waals surface area contributed by atoms with Crippen LogP contribution < -0.4 is 0 Å². The van der Waals surface area contributed by atoms with Gasteiger partial charge in [0.05, 0.1) is 13.2 Å². The molecule has 3 nitrogen and oxygen atoms in total. The molecule has 0 fully saturated rings. The highest BCUT2D eigenvalue weighted by atomic mass is 19.1. The molecule has 0 saturated heterocycles. The van der Waals surface area contributed by atoms with Crippen molar-refractivity contribution >= 4 is 11.5 Å². The fourth-order valence-electron chi connectivity index (χ4n) is 2.09. The summed E-state index contributed by atoms with van der Waals surface area (Å²) in [6, 6.07) is 5.73. The Hall–Kier alpha value is -1.68. The normalized spacial score (nSPS) is 19.6. The SMILES string of the molecule is COC(=O)C1=C(c2ccc(F)cc2)[C@@H](O)CC1. The summed E-state index contributed by atoms with van der Waals surface area (Å²) in [5, 5.41) is 9.87.